The van der Waals surface area contributed by atoms with Crippen molar-refractivity contribution in [3.8, 4) is 22.4 Å². The summed E-state index contributed by atoms with van der Waals surface area (Å²) in [5.74, 6) is -0.332. The zero-order chi connectivity index (χ0) is 20.9. The summed E-state index contributed by atoms with van der Waals surface area (Å²) in [5.41, 5.74) is 9.77. The highest BCUT2D eigenvalue weighted by atomic mass is 16.2. The lowest BCUT2D eigenvalue weighted by Gasteiger charge is -2.05. The lowest BCUT2D eigenvalue weighted by atomic mass is 10.0. The molecule has 148 valence electrons. The van der Waals surface area contributed by atoms with E-state index in [4.69, 9.17) is 0 Å². The minimum atomic E-state index is -0.332. The minimum absolute atomic E-state index is 0.332. The van der Waals surface area contributed by atoms with E-state index in [1.54, 1.807) is 6.07 Å². The first kappa shape index (κ1) is 19.3. The standard InChI is InChI=1S/C25H22N4O/c1-17-8-10-22(11-9-17)23-16-24(28-27-23)25(30)29-26-18(2)19-12-14-21(15-13-19)20-6-4-3-5-7-20/h3-16H,1-2H3,(H,27,28)(H,29,30)/b26-18-. The normalized spacial score (nSPS) is 11.3. The molecule has 0 saturated heterocycles. The third-order valence-corrected chi connectivity index (χ3v) is 4.90. The molecule has 5 heteroatoms. The van der Waals surface area contributed by atoms with Crippen LogP contribution in [0.4, 0.5) is 0 Å². The highest BCUT2D eigenvalue weighted by Gasteiger charge is 2.11. The van der Waals surface area contributed by atoms with Crippen molar-refractivity contribution in [3.05, 3.63) is 102 Å². The van der Waals surface area contributed by atoms with Crippen LogP contribution in [0.15, 0.2) is 90.0 Å². The lowest BCUT2D eigenvalue weighted by Crippen LogP contribution is -2.19. The van der Waals surface area contributed by atoms with Gasteiger partial charge in [0.05, 0.1) is 11.4 Å². The number of aryl methyl sites for hydroxylation is 1. The van der Waals surface area contributed by atoms with Gasteiger partial charge < -0.3 is 0 Å². The Morgan fingerprint density at radius 2 is 1.50 bits per heavy atom. The van der Waals surface area contributed by atoms with Gasteiger partial charge in [0.25, 0.3) is 5.91 Å². The summed E-state index contributed by atoms with van der Waals surface area (Å²) < 4.78 is 0. The van der Waals surface area contributed by atoms with Crippen molar-refractivity contribution in [2.24, 2.45) is 5.10 Å². The smallest absolute Gasteiger partial charge is 0.272 e. The van der Waals surface area contributed by atoms with Gasteiger partial charge in [-0.3, -0.25) is 9.89 Å². The van der Waals surface area contributed by atoms with Crippen molar-refractivity contribution >= 4 is 11.6 Å². The Morgan fingerprint density at radius 3 is 2.20 bits per heavy atom. The minimum Gasteiger partial charge on any atom is -0.272 e. The fraction of sp³-hybridized carbons (Fsp3) is 0.0800. The first-order chi connectivity index (χ1) is 14.6. The van der Waals surface area contributed by atoms with Gasteiger partial charge in [-0.2, -0.15) is 10.2 Å². The summed E-state index contributed by atoms with van der Waals surface area (Å²) in [6.45, 7) is 3.89. The van der Waals surface area contributed by atoms with Crippen molar-refractivity contribution in [2.45, 2.75) is 13.8 Å². The molecule has 0 aliphatic carbocycles. The first-order valence-electron chi connectivity index (χ1n) is 9.73. The van der Waals surface area contributed by atoms with Crippen LogP contribution in [-0.2, 0) is 0 Å². The lowest BCUT2D eigenvalue weighted by molar-refractivity contribution is 0.0950. The van der Waals surface area contributed by atoms with E-state index in [0.29, 0.717) is 5.69 Å². The van der Waals surface area contributed by atoms with Crippen molar-refractivity contribution in [1.82, 2.24) is 15.6 Å². The van der Waals surface area contributed by atoms with Gasteiger partial charge in [-0.1, -0.05) is 84.4 Å². The van der Waals surface area contributed by atoms with Crippen LogP contribution in [0.25, 0.3) is 22.4 Å². The molecule has 1 heterocycles. The Balaban J connectivity index is 1.43. The van der Waals surface area contributed by atoms with Crippen molar-refractivity contribution in [3.63, 3.8) is 0 Å². The molecule has 0 fully saturated rings. The fourth-order valence-electron chi connectivity index (χ4n) is 3.10. The quantitative estimate of drug-likeness (QED) is 0.360. The van der Waals surface area contributed by atoms with Gasteiger partial charge in [0.15, 0.2) is 0 Å². The summed E-state index contributed by atoms with van der Waals surface area (Å²) in [7, 11) is 0. The van der Waals surface area contributed by atoms with E-state index in [0.717, 1.165) is 33.7 Å². The largest absolute Gasteiger partial charge is 0.289 e. The number of hydrazone groups is 1. The average Bonchev–Trinajstić information content (AvgIpc) is 3.29. The third-order valence-electron chi connectivity index (χ3n) is 4.90. The van der Waals surface area contributed by atoms with Crippen LogP contribution in [0.1, 0.15) is 28.5 Å². The molecule has 1 amide bonds. The van der Waals surface area contributed by atoms with Gasteiger partial charge in [0.2, 0.25) is 0 Å². The number of nitrogens with zero attached hydrogens (tertiary/aromatic N) is 2. The van der Waals surface area contributed by atoms with Gasteiger partial charge in [0.1, 0.15) is 5.69 Å². The number of rotatable bonds is 5. The van der Waals surface area contributed by atoms with Crippen molar-refractivity contribution in [2.75, 3.05) is 0 Å². The second kappa shape index (κ2) is 8.57. The monoisotopic (exact) mass is 394 g/mol. The molecule has 0 saturated carbocycles. The van der Waals surface area contributed by atoms with Crippen LogP contribution in [0.3, 0.4) is 0 Å². The number of hydrogen-bond acceptors (Lipinski definition) is 3. The van der Waals surface area contributed by atoms with Crippen molar-refractivity contribution < 1.29 is 4.79 Å². The predicted molar refractivity (Wildman–Crippen MR) is 120 cm³/mol. The molecule has 1 aromatic heterocycles. The number of aromatic nitrogens is 2. The molecule has 30 heavy (non-hydrogen) atoms. The molecule has 4 rings (SSSR count). The summed E-state index contributed by atoms with van der Waals surface area (Å²) in [6.07, 6.45) is 0. The maximum Gasteiger partial charge on any atom is 0.289 e. The number of amides is 1. The molecule has 0 radical (unpaired) electrons. The van der Waals surface area contributed by atoms with E-state index in [1.165, 1.54) is 5.56 Å². The summed E-state index contributed by atoms with van der Waals surface area (Å²) in [5, 5.41) is 11.2. The molecule has 0 aliphatic rings. The Kier molecular flexibility index (Phi) is 5.52. The number of aromatic amines is 1. The van der Waals surface area contributed by atoms with Crippen molar-refractivity contribution in [1.29, 1.82) is 0 Å². The van der Waals surface area contributed by atoms with E-state index in [1.807, 2.05) is 80.6 Å². The second-order valence-corrected chi connectivity index (χ2v) is 7.11. The van der Waals surface area contributed by atoms with E-state index in [-0.39, 0.29) is 5.91 Å². The molecule has 2 N–H and O–H groups in total. The Morgan fingerprint density at radius 1 is 0.867 bits per heavy atom. The van der Waals surface area contributed by atoms with Gasteiger partial charge in [-0.05, 0) is 36.6 Å². The van der Waals surface area contributed by atoms with Gasteiger partial charge >= 0.3 is 0 Å². The molecule has 0 bridgehead atoms. The summed E-state index contributed by atoms with van der Waals surface area (Å²) >= 11 is 0. The fourth-order valence-corrected chi connectivity index (χ4v) is 3.10. The van der Waals surface area contributed by atoms with Gasteiger partial charge in [-0.25, -0.2) is 5.43 Å². The molecule has 4 aromatic rings. The molecule has 0 spiro atoms. The molecule has 3 aromatic carbocycles. The van der Waals surface area contributed by atoms with Gasteiger partial charge in [-0.15, -0.1) is 0 Å². The number of carbonyl (C=O) groups is 1. The van der Waals surface area contributed by atoms with E-state index in [2.05, 4.69) is 32.9 Å². The van der Waals surface area contributed by atoms with Crippen LogP contribution < -0.4 is 5.43 Å². The number of benzene rings is 3. The number of nitrogens with one attached hydrogen (secondary N) is 2. The molecule has 0 atom stereocenters. The maximum atomic E-state index is 12.4. The SMILES string of the molecule is C/C(=N/NC(=O)c1cc(-c2ccc(C)cc2)n[nH]1)c1ccc(-c2ccccc2)cc1. The molecular weight excluding hydrogens is 372 g/mol. The summed E-state index contributed by atoms with van der Waals surface area (Å²) in [6, 6.07) is 28.0. The molecule has 5 nitrogen and oxygen atoms in total. The highest BCUT2D eigenvalue weighted by Crippen LogP contribution is 2.20. The maximum absolute atomic E-state index is 12.4. The first-order valence-corrected chi connectivity index (χ1v) is 9.73. The van der Waals surface area contributed by atoms with Gasteiger partial charge in [0, 0.05) is 5.56 Å². The van der Waals surface area contributed by atoms with Crippen LogP contribution in [-0.4, -0.2) is 21.8 Å². The Hall–Kier alpha value is -3.99. The molecular formula is C25H22N4O. The Labute approximate surface area is 175 Å². The predicted octanol–water partition coefficient (Wildman–Crippen LogP) is 5.21. The van der Waals surface area contributed by atoms with Crippen LogP contribution in [0, 0.1) is 6.92 Å². The number of carbonyl (C=O) groups excluding carboxylic acids is 1. The van der Waals surface area contributed by atoms with Crippen LogP contribution >= 0.6 is 0 Å². The van der Waals surface area contributed by atoms with E-state index in [9.17, 15) is 4.79 Å². The second-order valence-electron chi connectivity index (χ2n) is 7.11. The Bertz CT molecular complexity index is 1170. The zero-order valence-electron chi connectivity index (χ0n) is 16.9. The third kappa shape index (κ3) is 4.36. The van der Waals surface area contributed by atoms with Crippen LogP contribution in [0.5, 0.6) is 0 Å². The topological polar surface area (TPSA) is 70.1 Å². The molecule has 0 aliphatic heterocycles. The zero-order valence-corrected chi connectivity index (χ0v) is 16.9. The van der Waals surface area contributed by atoms with Crippen LogP contribution in [0.2, 0.25) is 0 Å². The number of H-pyrrole nitrogens is 1. The summed E-state index contributed by atoms with van der Waals surface area (Å²) in [4.78, 5) is 12.4. The average molecular weight is 394 g/mol. The van der Waals surface area contributed by atoms with E-state index < -0.39 is 0 Å². The molecule has 0 unspecified atom stereocenters. The number of hydrogen-bond donors (Lipinski definition) is 2. The highest BCUT2D eigenvalue weighted by molar-refractivity contribution is 6.01. The van der Waals surface area contributed by atoms with E-state index >= 15 is 0 Å².